The zero-order chi connectivity index (χ0) is 16.4. The maximum absolute atomic E-state index is 6.23. The van der Waals surface area contributed by atoms with Gasteiger partial charge in [0.1, 0.15) is 11.5 Å². The molecule has 0 amide bonds. The molecule has 6 nitrogen and oxygen atoms in total. The van der Waals surface area contributed by atoms with Crippen LogP contribution < -0.4 is 11.1 Å². The molecule has 0 aromatic carbocycles. The van der Waals surface area contributed by atoms with Crippen LogP contribution in [-0.2, 0) is 0 Å². The lowest BCUT2D eigenvalue weighted by Crippen LogP contribution is -2.37. The Morgan fingerprint density at radius 1 is 1.17 bits per heavy atom. The fraction of sp³-hybridized carbons (Fsp3) is 0.389. The number of anilines is 1. The van der Waals surface area contributed by atoms with Crippen molar-refractivity contribution in [3.63, 3.8) is 0 Å². The van der Waals surface area contributed by atoms with Crippen molar-refractivity contribution in [1.82, 2.24) is 20.2 Å². The van der Waals surface area contributed by atoms with Crippen LogP contribution in [0.3, 0.4) is 0 Å². The molecular weight excluding hydrogens is 300 g/mol. The standard InChI is InChI=1S/C18H22N6/c19-14-7-2-1-5-12(14)11-21-16-9-3-8-15(22-16)17-13-6-4-10-20-18(13)24-23-17/h3-4,6,8-10,12,14H,1-2,5,7,11,19H2,(H,21,22)(H,20,23,24). The number of nitrogens with zero attached hydrogens (tertiary/aromatic N) is 3. The largest absolute Gasteiger partial charge is 0.370 e. The Balaban J connectivity index is 1.53. The number of nitrogens with one attached hydrogen (secondary N) is 2. The number of nitrogens with two attached hydrogens (primary N) is 1. The summed E-state index contributed by atoms with van der Waals surface area (Å²) in [6.07, 6.45) is 6.62. The Bertz CT molecular complexity index is 827. The van der Waals surface area contributed by atoms with E-state index in [1.165, 1.54) is 19.3 Å². The molecule has 0 radical (unpaired) electrons. The third-order valence-corrected chi connectivity index (χ3v) is 4.84. The van der Waals surface area contributed by atoms with E-state index in [9.17, 15) is 0 Å². The van der Waals surface area contributed by atoms with Crippen molar-refractivity contribution in [2.24, 2.45) is 11.7 Å². The number of aromatic amines is 1. The van der Waals surface area contributed by atoms with Gasteiger partial charge >= 0.3 is 0 Å². The highest BCUT2D eigenvalue weighted by Crippen LogP contribution is 2.26. The number of hydrogen-bond acceptors (Lipinski definition) is 5. The summed E-state index contributed by atoms with van der Waals surface area (Å²) in [4.78, 5) is 8.99. The average Bonchev–Trinajstić information content (AvgIpc) is 3.05. The summed E-state index contributed by atoms with van der Waals surface area (Å²) in [5.41, 5.74) is 8.68. The average molecular weight is 322 g/mol. The number of pyridine rings is 2. The fourth-order valence-electron chi connectivity index (χ4n) is 3.44. The quantitative estimate of drug-likeness (QED) is 0.687. The van der Waals surface area contributed by atoms with Crippen molar-refractivity contribution < 1.29 is 0 Å². The van der Waals surface area contributed by atoms with Gasteiger partial charge in [0.15, 0.2) is 5.65 Å². The van der Waals surface area contributed by atoms with Crippen molar-refractivity contribution in [2.75, 3.05) is 11.9 Å². The summed E-state index contributed by atoms with van der Waals surface area (Å²) in [6.45, 7) is 0.875. The second-order valence-corrected chi connectivity index (χ2v) is 6.47. The molecule has 24 heavy (non-hydrogen) atoms. The van der Waals surface area contributed by atoms with Gasteiger partial charge in [-0.15, -0.1) is 0 Å². The molecule has 2 unspecified atom stereocenters. The third-order valence-electron chi connectivity index (χ3n) is 4.84. The van der Waals surface area contributed by atoms with Gasteiger partial charge in [-0.1, -0.05) is 18.9 Å². The highest BCUT2D eigenvalue weighted by atomic mass is 15.2. The zero-order valence-electron chi connectivity index (χ0n) is 13.6. The van der Waals surface area contributed by atoms with E-state index in [1.54, 1.807) is 6.20 Å². The van der Waals surface area contributed by atoms with E-state index in [0.717, 1.165) is 41.2 Å². The minimum Gasteiger partial charge on any atom is -0.370 e. The van der Waals surface area contributed by atoms with Gasteiger partial charge in [0.25, 0.3) is 0 Å². The summed E-state index contributed by atoms with van der Waals surface area (Å²) in [5, 5.41) is 11.8. The van der Waals surface area contributed by atoms with Crippen LogP contribution in [-0.4, -0.2) is 32.8 Å². The van der Waals surface area contributed by atoms with Gasteiger partial charge in [-0.3, -0.25) is 5.10 Å². The van der Waals surface area contributed by atoms with E-state index >= 15 is 0 Å². The van der Waals surface area contributed by atoms with Crippen LogP contribution in [0.25, 0.3) is 22.4 Å². The number of fused-ring (bicyclic) bond motifs is 1. The first kappa shape index (κ1) is 15.1. The molecule has 0 spiro atoms. The van der Waals surface area contributed by atoms with Crippen molar-refractivity contribution in [2.45, 2.75) is 31.7 Å². The van der Waals surface area contributed by atoms with Crippen LogP contribution in [0, 0.1) is 5.92 Å². The summed E-state index contributed by atoms with van der Waals surface area (Å²) < 4.78 is 0. The first-order chi connectivity index (χ1) is 11.8. The zero-order valence-corrected chi connectivity index (χ0v) is 13.6. The Morgan fingerprint density at radius 2 is 2.08 bits per heavy atom. The molecule has 0 aliphatic heterocycles. The Labute approximate surface area is 140 Å². The highest BCUT2D eigenvalue weighted by Gasteiger charge is 2.21. The number of H-pyrrole nitrogens is 1. The van der Waals surface area contributed by atoms with Crippen LogP contribution in [0.1, 0.15) is 25.7 Å². The van der Waals surface area contributed by atoms with Gasteiger partial charge in [-0.2, -0.15) is 5.10 Å². The van der Waals surface area contributed by atoms with Gasteiger partial charge in [-0.05, 0) is 43.0 Å². The van der Waals surface area contributed by atoms with E-state index in [4.69, 9.17) is 10.7 Å². The summed E-state index contributed by atoms with van der Waals surface area (Å²) in [7, 11) is 0. The summed E-state index contributed by atoms with van der Waals surface area (Å²) >= 11 is 0. The van der Waals surface area contributed by atoms with Crippen LogP contribution in [0.15, 0.2) is 36.5 Å². The third kappa shape index (κ3) is 2.97. The minimum absolute atomic E-state index is 0.302. The summed E-state index contributed by atoms with van der Waals surface area (Å²) in [6, 6.07) is 10.2. The van der Waals surface area contributed by atoms with Gasteiger partial charge in [0.2, 0.25) is 0 Å². The smallest absolute Gasteiger partial charge is 0.155 e. The fourth-order valence-corrected chi connectivity index (χ4v) is 3.44. The molecule has 0 bridgehead atoms. The van der Waals surface area contributed by atoms with E-state index in [2.05, 4.69) is 20.5 Å². The van der Waals surface area contributed by atoms with Crippen molar-refractivity contribution in [1.29, 1.82) is 0 Å². The molecule has 4 rings (SSSR count). The summed E-state index contributed by atoms with van der Waals surface area (Å²) in [5.74, 6) is 1.39. The molecule has 0 saturated heterocycles. The number of rotatable bonds is 4. The van der Waals surface area contributed by atoms with Crippen LogP contribution in [0.5, 0.6) is 0 Å². The molecular formula is C18H22N6. The predicted molar refractivity (Wildman–Crippen MR) is 95.5 cm³/mol. The van der Waals surface area contributed by atoms with Crippen molar-refractivity contribution in [3.8, 4) is 11.4 Å². The van der Waals surface area contributed by atoms with E-state index < -0.39 is 0 Å². The molecule has 2 atom stereocenters. The lowest BCUT2D eigenvalue weighted by atomic mass is 9.85. The maximum atomic E-state index is 6.23. The maximum Gasteiger partial charge on any atom is 0.155 e. The SMILES string of the molecule is NC1CCCCC1CNc1cccc(-c2n[nH]c3ncccc23)n1. The molecule has 4 N–H and O–H groups in total. The molecule has 3 heterocycles. The molecule has 3 aromatic heterocycles. The van der Waals surface area contributed by atoms with E-state index in [0.29, 0.717) is 12.0 Å². The first-order valence-corrected chi connectivity index (χ1v) is 8.57. The van der Waals surface area contributed by atoms with Crippen LogP contribution in [0.2, 0.25) is 0 Å². The van der Waals surface area contributed by atoms with Gasteiger partial charge < -0.3 is 11.1 Å². The first-order valence-electron chi connectivity index (χ1n) is 8.57. The highest BCUT2D eigenvalue weighted by molar-refractivity contribution is 5.89. The predicted octanol–water partition coefficient (Wildman–Crippen LogP) is 2.95. The monoisotopic (exact) mass is 322 g/mol. The van der Waals surface area contributed by atoms with Gasteiger partial charge in [-0.25, -0.2) is 9.97 Å². The second-order valence-electron chi connectivity index (χ2n) is 6.47. The molecule has 1 saturated carbocycles. The number of aromatic nitrogens is 4. The molecule has 6 heteroatoms. The van der Waals surface area contributed by atoms with Crippen molar-refractivity contribution in [3.05, 3.63) is 36.5 Å². The Kier molecular flexibility index (Phi) is 4.13. The molecule has 1 aliphatic carbocycles. The Morgan fingerprint density at radius 3 is 3.00 bits per heavy atom. The normalized spacial score (nSPS) is 21.0. The molecule has 1 fully saturated rings. The van der Waals surface area contributed by atoms with Crippen LogP contribution in [0.4, 0.5) is 5.82 Å². The van der Waals surface area contributed by atoms with Gasteiger partial charge in [0, 0.05) is 24.2 Å². The lowest BCUT2D eigenvalue weighted by molar-refractivity contribution is 0.321. The molecule has 3 aromatic rings. The van der Waals surface area contributed by atoms with E-state index in [1.807, 2.05) is 30.3 Å². The number of hydrogen-bond donors (Lipinski definition) is 3. The second kappa shape index (κ2) is 6.57. The lowest BCUT2D eigenvalue weighted by Gasteiger charge is -2.28. The van der Waals surface area contributed by atoms with Gasteiger partial charge in [0.05, 0.1) is 5.69 Å². The van der Waals surface area contributed by atoms with Crippen molar-refractivity contribution >= 4 is 16.9 Å². The minimum atomic E-state index is 0.302. The van der Waals surface area contributed by atoms with Crippen LogP contribution >= 0.6 is 0 Å². The Hall–Kier alpha value is -2.47. The topological polar surface area (TPSA) is 92.5 Å². The van der Waals surface area contributed by atoms with E-state index in [-0.39, 0.29) is 0 Å². The molecule has 124 valence electrons. The molecule has 1 aliphatic rings.